The van der Waals surface area contributed by atoms with Crippen LogP contribution in [0, 0.1) is 5.41 Å². The maximum Gasteiger partial charge on any atom is 0.325 e. The number of hydrogen-bond acceptors (Lipinski definition) is 4. The van der Waals surface area contributed by atoms with Crippen LogP contribution in [-0.4, -0.2) is 48.4 Å². The maximum atomic E-state index is 12.3. The second-order valence-electron chi connectivity index (χ2n) is 6.01. The monoisotopic (exact) mass is 300 g/mol. The van der Waals surface area contributed by atoms with Crippen LogP contribution in [0.1, 0.15) is 48.0 Å². The zero-order valence-electron chi connectivity index (χ0n) is 14.0. The first kappa shape index (κ1) is 19.4. The minimum absolute atomic E-state index is 0.0871. The standard InChI is InChI=1S/C15H28N2O4/c1-7-9-17(10-12(18)21-8-2)13(19)11(3)16-14(20)15(4,5)6/h11H,7-10H2,1-6H3,(H,16,20). The van der Waals surface area contributed by atoms with Gasteiger partial charge >= 0.3 is 5.97 Å². The van der Waals surface area contributed by atoms with E-state index in [2.05, 4.69) is 5.32 Å². The average Bonchev–Trinajstić information content (AvgIpc) is 2.36. The molecule has 1 N–H and O–H groups in total. The molecule has 0 radical (unpaired) electrons. The van der Waals surface area contributed by atoms with Gasteiger partial charge in [-0.2, -0.15) is 0 Å². The molecule has 122 valence electrons. The lowest BCUT2D eigenvalue weighted by Gasteiger charge is -2.27. The fraction of sp³-hybridized carbons (Fsp3) is 0.800. The molecule has 6 heteroatoms. The summed E-state index contributed by atoms with van der Waals surface area (Å²) in [5.74, 6) is -0.910. The number of ether oxygens (including phenoxy) is 1. The minimum Gasteiger partial charge on any atom is -0.465 e. The van der Waals surface area contributed by atoms with Crippen LogP contribution in [0.15, 0.2) is 0 Å². The summed E-state index contributed by atoms with van der Waals surface area (Å²) in [6.45, 7) is 11.2. The molecule has 2 amide bonds. The van der Waals surface area contributed by atoms with E-state index in [-0.39, 0.29) is 25.0 Å². The quantitative estimate of drug-likeness (QED) is 0.720. The van der Waals surface area contributed by atoms with Crippen LogP contribution in [0.2, 0.25) is 0 Å². The van der Waals surface area contributed by atoms with E-state index in [1.807, 2.05) is 6.92 Å². The van der Waals surface area contributed by atoms with Crippen molar-refractivity contribution >= 4 is 17.8 Å². The number of carbonyl (C=O) groups is 3. The highest BCUT2D eigenvalue weighted by molar-refractivity contribution is 5.90. The maximum absolute atomic E-state index is 12.3. The Kier molecular flexibility index (Phi) is 7.99. The summed E-state index contributed by atoms with van der Waals surface area (Å²) in [7, 11) is 0. The predicted molar refractivity (Wildman–Crippen MR) is 80.6 cm³/mol. The molecule has 6 nitrogen and oxygen atoms in total. The molecular formula is C15H28N2O4. The van der Waals surface area contributed by atoms with Crippen LogP contribution in [-0.2, 0) is 19.1 Å². The van der Waals surface area contributed by atoms with E-state index in [1.165, 1.54) is 4.90 Å². The first-order valence-corrected chi connectivity index (χ1v) is 7.38. The van der Waals surface area contributed by atoms with Gasteiger partial charge < -0.3 is 15.0 Å². The van der Waals surface area contributed by atoms with Crippen molar-refractivity contribution < 1.29 is 19.1 Å². The van der Waals surface area contributed by atoms with Crippen molar-refractivity contribution in [1.29, 1.82) is 0 Å². The van der Waals surface area contributed by atoms with Crippen LogP contribution in [0.25, 0.3) is 0 Å². The molecule has 0 aromatic carbocycles. The number of nitrogens with one attached hydrogen (secondary N) is 1. The molecule has 0 aromatic heterocycles. The first-order valence-electron chi connectivity index (χ1n) is 7.38. The Morgan fingerprint density at radius 2 is 1.76 bits per heavy atom. The molecule has 0 aromatic rings. The Morgan fingerprint density at radius 3 is 2.19 bits per heavy atom. The van der Waals surface area contributed by atoms with E-state index in [0.29, 0.717) is 6.54 Å². The fourth-order valence-electron chi connectivity index (χ4n) is 1.65. The topological polar surface area (TPSA) is 75.7 Å². The third kappa shape index (κ3) is 7.11. The van der Waals surface area contributed by atoms with Gasteiger partial charge in [-0.15, -0.1) is 0 Å². The molecule has 0 bridgehead atoms. The number of hydrogen-bond donors (Lipinski definition) is 1. The Hall–Kier alpha value is -1.59. The fourth-order valence-corrected chi connectivity index (χ4v) is 1.65. The molecule has 0 heterocycles. The van der Waals surface area contributed by atoms with Gasteiger partial charge in [0.1, 0.15) is 12.6 Å². The summed E-state index contributed by atoms with van der Waals surface area (Å²) in [5.41, 5.74) is -0.564. The lowest BCUT2D eigenvalue weighted by molar-refractivity contribution is -0.149. The van der Waals surface area contributed by atoms with Crippen molar-refractivity contribution in [2.45, 2.75) is 54.0 Å². The second kappa shape index (κ2) is 8.64. The van der Waals surface area contributed by atoms with E-state index in [0.717, 1.165) is 6.42 Å². The SMILES string of the molecule is CCCN(CC(=O)OCC)C(=O)C(C)NC(=O)C(C)(C)C. The lowest BCUT2D eigenvalue weighted by Crippen LogP contribution is -2.51. The van der Waals surface area contributed by atoms with Crippen LogP contribution < -0.4 is 5.32 Å². The van der Waals surface area contributed by atoms with Gasteiger partial charge in [-0.05, 0) is 20.3 Å². The highest BCUT2D eigenvalue weighted by Gasteiger charge is 2.28. The van der Waals surface area contributed by atoms with Crippen LogP contribution in [0.5, 0.6) is 0 Å². The van der Waals surface area contributed by atoms with E-state index < -0.39 is 17.4 Å². The van der Waals surface area contributed by atoms with Crippen molar-refractivity contribution in [3.63, 3.8) is 0 Å². The van der Waals surface area contributed by atoms with Crippen LogP contribution in [0.4, 0.5) is 0 Å². The molecule has 0 fully saturated rings. The normalized spacial score (nSPS) is 12.5. The number of rotatable bonds is 7. The Bertz CT molecular complexity index is 374. The van der Waals surface area contributed by atoms with E-state index in [1.54, 1.807) is 34.6 Å². The summed E-state index contributed by atoms with van der Waals surface area (Å²) < 4.78 is 4.86. The molecule has 0 aliphatic heterocycles. The molecule has 0 aliphatic carbocycles. The van der Waals surface area contributed by atoms with Crippen LogP contribution in [0.3, 0.4) is 0 Å². The second-order valence-corrected chi connectivity index (χ2v) is 6.01. The zero-order valence-corrected chi connectivity index (χ0v) is 14.0. The summed E-state index contributed by atoms with van der Waals surface area (Å²) in [6.07, 6.45) is 0.727. The summed E-state index contributed by atoms with van der Waals surface area (Å²) >= 11 is 0. The molecule has 1 atom stereocenters. The largest absolute Gasteiger partial charge is 0.465 e. The smallest absolute Gasteiger partial charge is 0.325 e. The third-order valence-corrected chi connectivity index (χ3v) is 2.83. The molecule has 0 aliphatic rings. The van der Waals surface area contributed by atoms with Crippen molar-refractivity contribution in [3.05, 3.63) is 0 Å². The Morgan fingerprint density at radius 1 is 1.19 bits per heavy atom. The molecule has 0 rings (SSSR count). The average molecular weight is 300 g/mol. The van der Waals surface area contributed by atoms with Gasteiger partial charge in [-0.1, -0.05) is 27.7 Å². The molecule has 0 saturated heterocycles. The van der Waals surface area contributed by atoms with Crippen molar-refractivity contribution in [2.75, 3.05) is 19.7 Å². The number of carbonyl (C=O) groups excluding carboxylic acids is 3. The van der Waals surface area contributed by atoms with Crippen molar-refractivity contribution in [2.24, 2.45) is 5.41 Å². The third-order valence-electron chi connectivity index (χ3n) is 2.83. The Labute approximate surface area is 127 Å². The number of esters is 1. The first-order chi connectivity index (χ1) is 9.63. The van der Waals surface area contributed by atoms with Gasteiger partial charge in [-0.25, -0.2) is 0 Å². The number of nitrogens with zero attached hydrogens (tertiary/aromatic N) is 1. The number of amides is 2. The summed E-state index contributed by atoms with van der Waals surface area (Å²) in [5, 5.41) is 2.68. The Balaban J connectivity index is 4.72. The van der Waals surface area contributed by atoms with Gasteiger partial charge in [0.2, 0.25) is 11.8 Å². The molecular weight excluding hydrogens is 272 g/mol. The van der Waals surface area contributed by atoms with Gasteiger partial charge in [0.15, 0.2) is 0 Å². The lowest BCUT2D eigenvalue weighted by atomic mass is 9.95. The van der Waals surface area contributed by atoms with Crippen molar-refractivity contribution in [3.8, 4) is 0 Å². The highest BCUT2D eigenvalue weighted by atomic mass is 16.5. The van der Waals surface area contributed by atoms with Crippen molar-refractivity contribution in [1.82, 2.24) is 10.2 Å². The van der Waals surface area contributed by atoms with Crippen LogP contribution >= 0.6 is 0 Å². The molecule has 0 spiro atoms. The van der Waals surface area contributed by atoms with E-state index in [9.17, 15) is 14.4 Å². The van der Waals surface area contributed by atoms with Gasteiger partial charge in [0.25, 0.3) is 0 Å². The highest BCUT2D eigenvalue weighted by Crippen LogP contribution is 2.13. The molecule has 0 saturated carbocycles. The zero-order chi connectivity index (χ0) is 16.6. The van der Waals surface area contributed by atoms with E-state index in [4.69, 9.17) is 4.74 Å². The predicted octanol–water partition coefficient (Wildman–Crippen LogP) is 1.34. The summed E-state index contributed by atoms with van der Waals surface area (Å²) in [4.78, 5) is 37.2. The van der Waals surface area contributed by atoms with Gasteiger partial charge in [-0.3, -0.25) is 14.4 Å². The van der Waals surface area contributed by atoms with E-state index >= 15 is 0 Å². The molecule has 1 unspecified atom stereocenters. The van der Waals surface area contributed by atoms with Gasteiger partial charge in [0.05, 0.1) is 6.61 Å². The summed E-state index contributed by atoms with van der Waals surface area (Å²) in [6, 6.07) is -0.669. The minimum atomic E-state index is -0.669. The molecule has 21 heavy (non-hydrogen) atoms. The van der Waals surface area contributed by atoms with Gasteiger partial charge in [0, 0.05) is 12.0 Å².